The van der Waals surface area contributed by atoms with Crippen molar-refractivity contribution in [3.63, 3.8) is 0 Å². The molecule has 0 bridgehead atoms. The second-order valence-electron chi connectivity index (χ2n) is 9.90. The fourth-order valence-electron chi connectivity index (χ4n) is 5.42. The van der Waals surface area contributed by atoms with Crippen LogP contribution in [-0.2, 0) is 0 Å². The van der Waals surface area contributed by atoms with Gasteiger partial charge in [0.15, 0.2) is 0 Å². The number of hydrogen-bond acceptors (Lipinski definition) is 7. The Balaban J connectivity index is 1.38. The lowest BCUT2D eigenvalue weighted by atomic mass is 10.1. The van der Waals surface area contributed by atoms with Crippen molar-refractivity contribution < 1.29 is 23.8 Å². The van der Waals surface area contributed by atoms with Gasteiger partial charge >= 0.3 is 0 Å². The first kappa shape index (κ1) is 27.2. The molecule has 2 aliphatic rings. The van der Waals surface area contributed by atoms with Gasteiger partial charge in [0.1, 0.15) is 17.2 Å². The molecule has 210 valence electrons. The molecule has 2 saturated heterocycles. The number of carbonyl (C=O) groups is 2. The van der Waals surface area contributed by atoms with Gasteiger partial charge in [-0.15, -0.1) is 0 Å². The molecule has 0 spiro atoms. The first-order chi connectivity index (χ1) is 19.5. The summed E-state index contributed by atoms with van der Waals surface area (Å²) < 4.78 is 16.2. The Bertz CT molecular complexity index is 1360. The van der Waals surface area contributed by atoms with Crippen molar-refractivity contribution in [1.82, 2.24) is 4.90 Å². The van der Waals surface area contributed by atoms with Crippen molar-refractivity contribution in [3.05, 3.63) is 71.8 Å². The second kappa shape index (κ2) is 12.2. The van der Waals surface area contributed by atoms with Crippen LogP contribution in [0.2, 0.25) is 0 Å². The highest BCUT2D eigenvalue weighted by atomic mass is 16.5. The SMILES string of the molecule is COc1ccc(C(=O)Nc2ccc(N3CCN(c4ccccc4OC)CC3)c(C(=O)N3CCCC3)c2)c(OC)c1. The number of piperazine rings is 1. The van der Waals surface area contributed by atoms with Gasteiger partial charge in [-0.2, -0.15) is 0 Å². The molecule has 1 N–H and O–H groups in total. The Kier molecular flexibility index (Phi) is 8.28. The molecule has 40 heavy (non-hydrogen) atoms. The number of ether oxygens (including phenoxy) is 3. The van der Waals surface area contributed by atoms with E-state index in [0.717, 1.165) is 69.2 Å². The van der Waals surface area contributed by atoms with E-state index in [-0.39, 0.29) is 11.8 Å². The summed E-state index contributed by atoms with van der Waals surface area (Å²) in [5.74, 6) is 1.54. The minimum absolute atomic E-state index is 0.00205. The van der Waals surface area contributed by atoms with E-state index in [1.807, 2.05) is 35.2 Å². The summed E-state index contributed by atoms with van der Waals surface area (Å²) in [6.07, 6.45) is 2.01. The van der Waals surface area contributed by atoms with Gasteiger partial charge in [0, 0.05) is 56.7 Å². The number of rotatable bonds is 8. The van der Waals surface area contributed by atoms with Crippen molar-refractivity contribution >= 4 is 28.9 Å². The highest BCUT2D eigenvalue weighted by molar-refractivity contribution is 6.08. The molecule has 0 atom stereocenters. The number of amides is 2. The maximum Gasteiger partial charge on any atom is 0.259 e. The molecular formula is C31H36N4O5. The number of nitrogens with zero attached hydrogens (tertiary/aromatic N) is 3. The van der Waals surface area contributed by atoms with Crippen molar-refractivity contribution in [2.45, 2.75) is 12.8 Å². The molecule has 0 radical (unpaired) electrons. The number of anilines is 3. The Morgan fingerprint density at radius 1 is 0.675 bits per heavy atom. The summed E-state index contributed by atoms with van der Waals surface area (Å²) in [4.78, 5) is 33.3. The van der Waals surface area contributed by atoms with Crippen LogP contribution >= 0.6 is 0 Å². The Morgan fingerprint density at radius 2 is 1.35 bits per heavy atom. The van der Waals surface area contributed by atoms with Crippen LogP contribution in [-0.4, -0.2) is 77.3 Å². The number of benzene rings is 3. The number of para-hydroxylation sites is 2. The quantitative estimate of drug-likeness (QED) is 0.446. The predicted molar refractivity (Wildman–Crippen MR) is 156 cm³/mol. The molecule has 9 nitrogen and oxygen atoms in total. The molecule has 0 aliphatic carbocycles. The number of nitrogens with one attached hydrogen (secondary N) is 1. The maximum atomic E-state index is 13.7. The van der Waals surface area contributed by atoms with E-state index < -0.39 is 0 Å². The Hall–Kier alpha value is -4.40. The van der Waals surface area contributed by atoms with Crippen molar-refractivity contribution in [2.24, 2.45) is 0 Å². The molecule has 0 unspecified atom stereocenters. The summed E-state index contributed by atoms with van der Waals surface area (Å²) in [7, 11) is 4.77. The third-order valence-electron chi connectivity index (χ3n) is 7.58. The molecule has 3 aromatic carbocycles. The van der Waals surface area contributed by atoms with Crippen molar-refractivity contribution in [3.8, 4) is 17.2 Å². The van der Waals surface area contributed by atoms with Crippen LogP contribution < -0.4 is 29.3 Å². The average molecular weight is 545 g/mol. The van der Waals surface area contributed by atoms with Crippen LogP contribution in [0.5, 0.6) is 17.2 Å². The maximum absolute atomic E-state index is 13.7. The highest BCUT2D eigenvalue weighted by Gasteiger charge is 2.27. The monoisotopic (exact) mass is 544 g/mol. The lowest BCUT2D eigenvalue weighted by Gasteiger charge is -2.38. The normalized spacial score (nSPS) is 15.1. The fraction of sp³-hybridized carbons (Fsp3) is 0.355. The summed E-state index contributed by atoms with van der Waals surface area (Å²) in [5, 5.41) is 2.96. The van der Waals surface area contributed by atoms with Gasteiger partial charge < -0.3 is 34.2 Å². The smallest absolute Gasteiger partial charge is 0.259 e. The van der Waals surface area contributed by atoms with Crippen LogP contribution in [0.15, 0.2) is 60.7 Å². The lowest BCUT2D eigenvalue weighted by Crippen LogP contribution is -2.47. The first-order valence-corrected chi connectivity index (χ1v) is 13.6. The van der Waals surface area contributed by atoms with E-state index in [9.17, 15) is 9.59 Å². The van der Waals surface area contributed by atoms with Gasteiger partial charge in [0.2, 0.25) is 0 Å². The molecule has 3 aromatic rings. The zero-order valence-electron chi connectivity index (χ0n) is 23.3. The molecule has 9 heteroatoms. The number of carbonyl (C=O) groups excluding carboxylic acids is 2. The van der Waals surface area contributed by atoms with Crippen LogP contribution in [0.3, 0.4) is 0 Å². The third kappa shape index (κ3) is 5.64. The summed E-state index contributed by atoms with van der Waals surface area (Å²) in [6.45, 7) is 4.61. The van der Waals surface area contributed by atoms with Gasteiger partial charge in [0.25, 0.3) is 11.8 Å². The molecule has 2 heterocycles. The molecule has 0 saturated carbocycles. The van der Waals surface area contributed by atoms with E-state index in [1.165, 1.54) is 7.11 Å². The largest absolute Gasteiger partial charge is 0.497 e. The Labute approximate surface area is 235 Å². The number of methoxy groups -OCH3 is 3. The van der Waals surface area contributed by atoms with E-state index >= 15 is 0 Å². The van der Waals surface area contributed by atoms with E-state index in [2.05, 4.69) is 21.2 Å². The summed E-state index contributed by atoms with van der Waals surface area (Å²) in [5.41, 5.74) is 3.50. The predicted octanol–water partition coefficient (Wildman–Crippen LogP) is 4.53. The lowest BCUT2D eigenvalue weighted by molar-refractivity contribution is 0.0793. The molecule has 0 aromatic heterocycles. The van der Waals surface area contributed by atoms with Crippen LogP contribution in [0.25, 0.3) is 0 Å². The van der Waals surface area contributed by atoms with Gasteiger partial charge in [-0.05, 0) is 55.3 Å². The molecule has 2 amide bonds. The van der Waals surface area contributed by atoms with E-state index in [4.69, 9.17) is 14.2 Å². The van der Waals surface area contributed by atoms with Crippen molar-refractivity contribution in [1.29, 1.82) is 0 Å². The number of hydrogen-bond donors (Lipinski definition) is 1. The minimum Gasteiger partial charge on any atom is -0.497 e. The molecule has 2 aliphatic heterocycles. The standard InChI is InChI=1S/C31H36N4O5/c1-38-23-11-12-24(29(21-23)40-3)30(36)32-22-10-13-26(25(20-22)31(37)35-14-6-7-15-35)33-16-18-34(19-17-33)27-8-4-5-9-28(27)39-2/h4-5,8-13,20-21H,6-7,14-19H2,1-3H3,(H,32,36). The van der Waals surface area contributed by atoms with E-state index in [0.29, 0.717) is 28.3 Å². The number of likely N-dealkylation sites (tertiary alicyclic amines) is 1. The summed E-state index contributed by atoms with van der Waals surface area (Å²) in [6, 6.07) is 18.7. The molecule has 5 rings (SSSR count). The van der Waals surface area contributed by atoms with Gasteiger partial charge in [-0.25, -0.2) is 0 Å². The Morgan fingerprint density at radius 3 is 2.02 bits per heavy atom. The van der Waals surface area contributed by atoms with Crippen LogP contribution in [0, 0.1) is 0 Å². The van der Waals surface area contributed by atoms with Gasteiger partial charge in [-0.1, -0.05) is 12.1 Å². The van der Waals surface area contributed by atoms with Gasteiger partial charge in [0.05, 0.1) is 38.1 Å². The fourth-order valence-corrected chi connectivity index (χ4v) is 5.42. The molecule has 2 fully saturated rings. The van der Waals surface area contributed by atoms with Crippen LogP contribution in [0.1, 0.15) is 33.6 Å². The molecular weight excluding hydrogens is 508 g/mol. The highest BCUT2D eigenvalue weighted by Crippen LogP contribution is 2.32. The summed E-state index contributed by atoms with van der Waals surface area (Å²) >= 11 is 0. The minimum atomic E-state index is -0.322. The van der Waals surface area contributed by atoms with Gasteiger partial charge in [-0.3, -0.25) is 9.59 Å². The second-order valence-corrected chi connectivity index (χ2v) is 9.90. The van der Waals surface area contributed by atoms with Crippen molar-refractivity contribution in [2.75, 3.05) is 75.7 Å². The average Bonchev–Trinajstić information content (AvgIpc) is 3.55. The zero-order valence-corrected chi connectivity index (χ0v) is 23.3. The zero-order chi connectivity index (χ0) is 28.1. The third-order valence-corrected chi connectivity index (χ3v) is 7.58. The first-order valence-electron chi connectivity index (χ1n) is 13.6. The topological polar surface area (TPSA) is 83.6 Å². The van der Waals surface area contributed by atoms with E-state index in [1.54, 1.807) is 38.5 Å². The van der Waals surface area contributed by atoms with Crippen LogP contribution in [0.4, 0.5) is 17.1 Å².